The minimum absolute atomic E-state index is 0.205. The van der Waals surface area contributed by atoms with E-state index in [9.17, 15) is 9.59 Å². The predicted octanol–water partition coefficient (Wildman–Crippen LogP) is 3.73. The number of amides is 3. The Labute approximate surface area is 154 Å². The Hall–Kier alpha value is -2.82. The average Bonchev–Trinajstić information content (AvgIpc) is 3.05. The molecular formula is C21H25N3O2. The third-order valence-corrected chi connectivity index (χ3v) is 4.67. The molecule has 1 fully saturated rings. The van der Waals surface area contributed by atoms with Gasteiger partial charge in [-0.15, -0.1) is 0 Å². The summed E-state index contributed by atoms with van der Waals surface area (Å²) >= 11 is 0. The van der Waals surface area contributed by atoms with Gasteiger partial charge in [0.15, 0.2) is 0 Å². The second kappa shape index (κ2) is 8.52. The van der Waals surface area contributed by atoms with E-state index in [0.29, 0.717) is 19.5 Å². The molecule has 0 radical (unpaired) electrons. The number of nitrogens with one attached hydrogen (secondary N) is 2. The van der Waals surface area contributed by atoms with Crippen molar-refractivity contribution in [3.63, 3.8) is 0 Å². The van der Waals surface area contributed by atoms with Crippen LogP contribution in [0.2, 0.25) is 0 Å². The molecule has 26 heavy (non-hydrogen) atoms. The molecule has 1 aliphatic rings. The fourth-order valence-corrected chi connectivity index (χ4v) is 3.16. The van der Waals surface area contributed by atoms with E-state index in [1.165, 1.54) is 5.56 Å². The summed E-state index contributed by atoms with van der Waals surface area (Å²) in [6.45, 7) is 4.07. The minimum Gasteiger partial charge on any atom is -0.338 e. The molecule has 1 atom stereocenters. The van der Waals surface area contributed by atoms with Gasteiger partial charge in [-0.25, -0.2) is 4.79 Å². The van der Waals surface area contributed by atoms with E-state index in [2.05, 4.69) is 29.7 Å². The van der Waals surface area contributed by atoms with Crippen LogP contribution in [-0.4, -0.2) is 29.9 Å². The second-order valence-electron chi connectivity index (χ2n) is 6.77. The summed E-state index contributed by atoms with van der Waals surface area (Å²) in [5, 5.41) is 5.79. The third-order valence-electron chi connectivity index (χ3n) is 4.67. The zero-order chi connectivity index (χ0) is 18.4. The highest BCUT2D eigenvalue weighted by molar-refractivity contribution is 5.89. The summed E-state index contributed by atoms with van der Waals surface area (Å²) in [4.78, 5) is 25.8. The Morgan fingerprint density at radius 1 is 1.15 bits per heavy atom. The number of rotatable bonds is 6. The first-order chi connectivity index (χ1) is 12.6. The van der Waals surface area contributed by atoms with Crippen molar-refractivity contribution < 1.29 is 9.59 Å². The van der Waals surface area contributed by atoms with E-state index in [0.717, 1.165) is 24.2 Å². The molecule has 0 bridgehead atoms. The molecule has 136 valence electrons. The number of urea groups is 1. The summed E-state index contributed by atoms with van der Waals surface area (Å²) in [6, 6.07) is 17.6. The number of carbonyl (C=O) groups is 2. The van der Waals surface area contributed by atoms with E-state index in [4.69, 9.17) is 0 Å². The lowest BCUT2D eigenvalue weighted by Crippen LogP contribution is -2.31. The first kappa shape index (κ1) is 18.0. The third kappa shape index (κ3) is 4.85. The molecule has 5 heteroatoms. The lowest BCUT2D eigenvalue weighted by molar-refractivity contribution is -0.128. The maximum atomic E-state index is 12.2. The first-order valence-electron chi connectivity index (χ1n) is 9.08. The molecule has 0 unspecified atom stereocenters. The normalized spacial score (nSPS) is 15.0. The van der Waals surface area contributed by atoms with Gasteiger partial charge in [0.05, 0.1) is 0 Å². The maximum absolute atomic E-state index is 12.2. The average molecular weight is 351 g/mol. The van der Waals surface area contributed by atoms with E-state index in [-0.39, 0.29) is 17.9 Å². The number of carbonyl (C=O) groups excluding carboxylic acids is 2. The van der Waals surface area contributed by atoms with Crippen molar-refractivity contribution in [3.05, 3.63) is 65.7 Å². The Kier molecular flexibility index (Phi) is 5.89. The molecule has 0 aromatic heterocycles. The summed E-state index contributed by atoms with van der Waals surface area (Å²) in [5.41, 5.74) is 2.96. The summed E-state index contributed by atoms with van der Waals surface area (Å²) < 4.78 is 0. The lowest BCUT2D eigenvalue weighted by atomic mass is 10.0. The van der Waals surface area contributed by atoms with Gasteiger partial charge < -0.3 is 15.5 Å². The van der Waals surface area contributed by atoms with Crippen LogP contribution in [0, 0.1) is 0 Å². The Morgan fingerprint density at radius 3 is 2.69 bits per heavy atom. The Bertz CT molecular complexity index is 761. The van der Waals surface area contributed by atoms with Gasteiger partial charge in [-0.05, 0) is 35.6 Å². The largest absolute Gasteiger partial charge is 0.338 e. The molecule has 3 amide bonds. The van der Waals surface area contributed by atoms with Crippen LogP contribution in [0.3, 0.4) is 0 Å². The standard InChI is InChI=1S/C21H25N3O2/c1-16(18-8-3-2-4-9-18)14-22-21(26)23-19-10-5-7-17(13-19)15-24-12-6-11-20(24)25/h2-5,7-10,13,16H,6,11-12,14-15H2,1H3,(H2,22,23,26)/t16-/m0/s1. The quantitative estimate of drug-likeness (QED) is 0.833. The maximum Gasteiger partial charge on any atom is 0.319 e. The SMILES string of the molecule is C[C@@H](CNC(=O)Nc1cccc(CN2CCCC2=O)c1)c1ccccc1. The van der Waals surface area contributed by atoms with Gasteiger partial charge in [0, 0.05) is 31.7 Å². The van der Waals surface area contributed by atoms with Crippen molar-refractivity contribution in [1.82, 2.24) is 10.2 Å². The molecule has 1 heterocycles. The number of anilines is 1. The fraction of sp³-hybridized carbons (Fsp3) is 0.333. The number of nitrogens with zero attached hydrogens (tertiary/aromatic N) is 1. The summed E-state index contributed by atoms with van der Waals surface area (Å²) in [5.74, 6) is 0.450. The van der Waals surface area contributed by atoms with Crippen molar-refractivity contribution >= 4 is 17.6 Å². The van der Waals surface area contributed by atoms with Crippen LogP contribution in [0.5, 0.6) is 0 Å². The van der Waals surface area contributed by atoms with Gasteiger partial charge in [-0.2, -0.15) is 0 Å². The minimum atomic E-state index is -0.220. The summed E-state index contributed by atoms with van der Waals surface area (Å²) in [6.07, 6.45) is 1.57. The predicted molar refractivity (Wildman–Crippen MR) is 103 cm³/mol. The highest BCUT2D eigenvalue weighted by Gasteiger charge is 2.20. The molecule has 2 aromatic rings. The van der Waals surface area contributed by atoms with Gasteiger partial charge >= 0.3 is 6.03 Å². The van der Waals surface area contributed by atoms with Crippen LogP contribution in [-0.2, 0) is 11.3 Å². The van der Waals surface area contributed by atoms with Crippen LogP contribution in [0.15, 0.2) is 54.6 Å². The van der Waals surface area contributed by atoms with Gasteiger partial charge in [-0.1, -0.05) is 49.4 Å². The molecule has 3 rings (SSSR count). The summed E-state index contributed by atoms with van der Waals surface area (Å²) in [7, 11) is 0. The van der Waals surface area contributed by atoms with E-state index in [1.54, 1.807) is 0 Å². The zero-order valence-electron chi connectivity index (χ0n) is 15.1. The molecule has 1 aliphatic heterocycles. The molecule has 5 nitrogen and oxygen atoms in total. The van der Waals surface area contributed by atoms with Crippen molar-refractivity contribution in [2.24, 2.45) is 0 Å². The van der Waals surface area contributed by atoms with Crippen LogP contribution >= 0.6 is 0 Å². The van der Waals surface area contributed by atoms with Crippen LogP contribution in [0.4, 0.5) is 10.5 Å². The molecule has 0 aliphatic carbocycles. The highest BCUT2D eigenvalue weighted by atomic mass is 16.2. The highest BCUT2D eigenvalue weighted by Crippen LogP contribution is 2.17. The van der Waals surface area contributed by atoms with Gasteiger partial charge in [-0.3, -0.25) is 4.79 Å². The second-order valence-corrected chi connectivity index (χ2v) is 6.77. The number of hydrogen-bond acceptors (Lipinski definition) is 2. The van der Waals surface area contributed by atoms with Crippen molar-refractivity contribution in [1.29, 1.82) is 0 Å². The first-order valence-corrected chi connectivity index (χ1v) is 9.08. The van der Waals surface area contributed by atoms with Gasteiger partial charge in [0.25, 0.3) is 0 Å². The van der Waals surface area contributed by atoms with Crippen molar-refractivity contribution in [2.45, 2.75) is 32.2 Å². The molecule has 2 aromatic carbocycles. The molecule has 2 N–H and O–H groups in total. The van der Waals surface area contributed by atoms with Gasteiger partial charge in [0.1, 0.15) is 0 Å². The van der Waals surface area contributed by atoms with Crippen molar-refractivity contribution in [3.8, 4) is 0 Å². The topological polar surface area (TPSA) is 61.4 Å². The van der Waals surface area contributed by atoms with Crippen LogP contribution in [0.1, 0.15) is 36.8 Å². The van der Waals surface area contributed by atoms with Crippen molar-refractivity contribution in [2.75, 3.05) is 18.4 Å². The number of hydrogen-bond donors (Lipinski definition) is 2. The Balaban J connectivity index is 1.51. The Morgan fingerprint density at radius 2 is 1.96 bits per heavy atom. The van der Waals surface area contributed by atoms with Crippen LogP contribution in [0.25, 0.3) is 0 Å². The molecular weight excluding hydrogens is 326 g/mol. The van der Waals surface area contributed by atoms with Gasteiger partial charge in [0.2, 0.25) is 5.91 Å². The molecule has 0 spiro atoms. The number of likely N-dealkylation sites (tertiary alicyclic amines) is 1. The number of benzene rings is 2. The lowest BCUT2D eigenvalue weighted by Gasteiger charge is -2.17. The van der Waals surface area contributed by atoms with E-state index < -0.39 is 0 Å². The smallest absolute Gasteiger partial charge is 0.319 e. The monoisotopic (exact) mass is 351 g/mol. The van der Waals surface area contributed by atoms with Crippen LogP contribution < -0.4 is 10.6 Å². The zero-order valence-corrected chi connectivity index (χ0v) is 15.1. The fourth-order valence-electron chi connectivity index (χ4n) is 3.16. The molecule has 0 saturated carbocycles. The van der Waals surface area contributed by atoms with E-state index in [1.807, 2.05) is 47.4 Å². The van der Waals surface area contributed by atoms with E-state index >= 15 is 0 Å². The molecule has 1 saturated heterocycles.